The first-order valence-electron chi connectivity index (χ1n) is 7.52. The van der Waals surface area contributed by atoms with E-state index in [1.807, 2.05) is 0 Å². The van der Waals surface area contributed by atoms with Crippen molar-refractivity contribution in [3.63, 3.8) is 0 Å². The first-order valence-corrected chi connectivity index (χ1v) is 8.27. The first-order chi connectivity index (χ1) is 12.4. The first kappa shape index (κ1) is 18.2. The average molecular weight is 396 g/mol. The van der Waals surface area contributed by atoms with Crippen molar-refractivity contribution in [3.8, 4) is 17.1 Å². The minimum absolute atomic E-state index is 0.0960. The number of esters is 1. The van der Waals surface area contributed by atoms with E-state index in [4.69, 9.17) is 27.9 Å². The van der Waals surface area contributed by atoms with Crippen molar-refractivity contribution in [1.82, 2.24) is 14.5 Å². The van der Waals surface area contributed by atoms with Crippen LogP contribution in [0.2, 0.25) is 10.0 Å². The maximum absolute atomic E-state index is 13.5. The zero-order valence-corrected chi connectivity index (χ0v) is 14.9. The van der Waals surface area contributed by atoms with Crippen molar-refractivity contribution in [1.29, 1.82) is 0 Å². The van der Waals surface area contributed by atoms with Gasteiger partial charge >= 0.3 is 11.7 Å². The van der Waals surface area contributed by atoms with Crippen LogP contribution < -0.4 is 5.69 Å². The summed E-state index contributed by atoms with van der Waals surface area (Å²) in [6.45, 7) is 1.75. The summed E-state index contributed by atoms with van der Waals surface area (Å²) < 4.78 is 19.7. The Bertz CT molecular complexity index is 1050. The molecule has 0 spiro atoms. The van der Waals surface area contributed by atoms with Gasteiger partial charge in [0.2, 0.25) is 0 Å². The minimum atomic E-state index is -0.735. The van der Waals surface area contributed by atoms with E-state index in [1.165, 1.54) is 24.4 Å². The fourth-order valence-corrected chi connectivity index (χ4v) is 2.77. The van der Waals surface area contributed by atoms with Crippen molar-refractivity contribution in [2.75, 3.05) is 6.61 Å². The smallest absolute Gasteiger partial charge is 0.357 e. The van der Waals surface area contributed by atoms with Crippen LogP contribution >= 0.6 is 23.2 Å². The molecule has 1 aromatic carbocycles. The molecule has 9 heteroatoms. The molecule has 0 amide bonds. The molecule has 0 aliphatic heterocycles. The lowest BCUT2D eigenvalue weighted by molar-refractivity contribution is 0.0521. The van der Waals surface area contributed by atoms with Crippen LogP contribution in [0.3, 0.4) is 0 Å². The Morgan fingerprint density at radius 1 is 1.31 bits per heavy atom. The standard InChI is InChI=1S/C17H12Cl2FN3O3/c1-2-26-16(24)14-15(9-3-4-12(20)11(19)7-9)23(17(25)22-14)13-8-10(18)5-6-21-13/h3-8H,2H2,1H3,(H,22,25). The average Bonchev–Trinajstić information content (AvgIpc) is 2.95. The monoisotopic (exact) mass is 395 g/mol. The van der Waals surface area contributed by atoms with E-state index in [9.17, 15) is 14.0 Å². The summed E-state index contributed by atoms with van der Waals surface area (Å²) in [4.78, 5) is 31.4. The summed E-state index contributed by atoms with van der Waals surface area (Å²) in [7, 11) is 0. The van der Waals surface area contributed by atoms with Gasteiger partial charge in [-0.25, -0.2) is 23.5 Å². The van der Waals surface area contributed by atoms with Crippen LogP contribution in [-0.4, -0.2) is 27.1 Å². The van der Waals surface area contributed by atoms with E-state index in [-0.39, 0.29) is 28.8 Å². The third-order valence-electron chi connectivity index (χ3n) is 3.50. The number of H-pyrrole nitrogens is 1. The molecular formula is C17H12Cl2FN3O3. The summed E-state index contributed by atoms with van der Waals surface area (Å²) >= 11 is 11.8. The molecule has 2 aromatic heterocycles. The molecule has 0 atom stereocenters. The molecule has 134 valence electrons. The number of aromatic amines is 1. The second-order valence-electron chi connectivity index (χ2n) is 5.17. The summed E-state index contributed by atoms with van der Waals surface area (Å²) in [6, 6.07) is 6.85. The van der Waals surface area contributed by atoms with Crippen molar-refractivity contribution in [2.24, 2.45) is 0 Å². The number of imidazole rings is 1. The third-order valence-corrected chi connectivity index (χ3v) is 4.03. The van der Waals surface area contributed by atoms with E-state index >= 15 is 0 Å². The molecule has 6 nitrogen and oxygen atoms in total. The molecule has 1 N–H and O–H groups in total. The number of pyridine rings is 1. The molecule has 0 aliphatic rings. The summed E-state index contributed by atoms with van der Waals surface area (Å²) in [5.41, 5.74) is -0.246. The quantitative estimate of drug-likeness (QED) is 0.680. The number of nitrogens with zero attached hydrogens (tertiary/aromatic N) is 2. The van der Waals surface area contributed by atoms with Gasteiger partial charge in [-0.3, -0.25) is 4.98 Å². The van der Waals surface area contributed by atoms with Crippen molar-refractivity contribution >= 4 is 29.2 Å². The number of benzene rings is 1. The lowest BCUT2D eigenvalue weighted by Crippen LogP contribution is -2.16. The van der Waals surface area contributed by atoms with Crippen molar-refractivity contribution < 1.29 is 13.9 Å². The number of rotatable bonds is 4. The molecule has 0 saturated heterocycles. The fourth-order valence-electron chi connectivity index (χ4n) is 2.44. The molecule has 0 unspecified atom stereocenters. The Kier molecular flexibility index (Phi) is 5.11. The highest BCUT2D eigenvalue weighted by molar-refractivity contribution is 6.31. The van der Waals surface area contributed by atoms with E-state index in [0.29, 0.717) is 10.6 Å². The largest absolute Gasteiger partial charge is 0.461 e. The van der Waals surface area contributed by atoms with Gasteiger partial charge in [0.25, 0.3) is 0 Å². The highest BCUT2D eigenvalue weighted by Crippen LogP contribution is 2.29. The number of carbonyl (C=O) groups is 1. The Morgan fingerprint density at radius 2 is 2.08 bits per heavy atom. The molecule has 2 heterocycles. The summed E-state index contributed by atoms with van der Waals surface area (Å²) in [5, 5.41) is 0.195. The van der Waals surface area contributed by atoms with Gasteiger partial charge in [-0.1, -0.05) is 23.2 Å². The van der Waals surface area contributed by atoms with Crippen LogP contribution in [0.1, 0.15) is 17.4 Å². The maximum atomic E-state index is 13.5. The number of hydrogen-bond donors (Lipinski definition) is 1. The molecule has 3 rings (SSSR count). The molecule has 0 fully saturated rings. The second kappa shape index (κ2) is 7.31. The van der Waals surface area contributed by atoms with Crippen LogP contribution in [0.5, 0.6) is 0 Å². The Morgan fingerprint density at radius 3 is 2.73 bits per heavy atom. The SMILES string of the molecule is CCOC(=O)c1[nH]c(=O)n(-c2cc(Cl)ccn2)c1-c1ccc(F)c(Cl)c1. The van der Waals surface area contributed by atoms with Gasteiger partial charge in [-0.15, -0.1) is 0 Å². The Hall–Kier alpha value is -2.64. The lowest BCUT2D eigenvalue weighted by atomic mass is 10.1. The summed E-state index contributed by atoms with van der Waals surface area (Å²) in [6.07, 6.45) is 1.42. The number of halogens is 3. The number of hydrogen-bond acceptors (Lipinski definition) is 4. The van der Waals surface area contributed by atoms with Crippen LogP contribution in [-0.2, 0) is 4.74 Å². The third kappa shape index (κ3) is 3.36. The number of ether oxygens (including phenoxy) is 1. The number of nitrogens with one attached hydrogen (secondary N) is 1. The molecule has 0 aliphatic carbocycles. The second-order valence-corrected chi connectivity index (χ2v) is 6.01. The Balaban J connectivity index is 2.32. The van der Waals surface area contributed by atoms with Crippen LogP contribution in [0.15, 0.2) is 41.3 Å². The highest BCUT2D eigenvalue weighted by Gasteiger charge is 2.24. The van der Waals surface area contributed by atoms with Gasteiger partial charge in [0.05, 0.1) is 17.3 Å². The topological polar surface area (TPSA) is 77.0 Å². The van der Waals surface area contributed by atoms with Gasteiger partial charge in [-0.05, 0) is 31.2 Å². The van der Waals surface area contributed by atoms with Gasteiger partial charge in [0.1, 0.15) is 11.6 Å². The molecular weight excluding hydrogens is 384 g/mol. The van der Waals surface area contributed by atoms with Gasteiger partial charge in [0.15, 0.2) is 5.69 Å². The van der Waals surface area contributed by atoms with Crippen LogP contribution in [0.4, 0.5) is 4.39 Å². The molecule has 3 aromatic rings. The minimum Gasteiger partial charge on any atom is -0.461 e. The van der Waals surface area contributed by atoms with Gasteiger partial charge in [0, 0.05) is 22.8 Å². The summed E-state index contributed by atoms with van der Waals surface area (Å²) in [5.74, 6) is -1.18. The zero-order chi connectivity index (χ0) is 18.8. The zero-order valence-electron chi connectivity index (χ0n) is 13.4. The predicted octanol–water partition coefficient (Wildman–Crippen LogP) is 3.85. The highest BCUT2D eigenvalue weighted by atomic mass is 35.5. The lowest BCUT2D eigenvalue weighted by Gasteiger charge is -2.10. The number of carbonyl (C=O) groups excluding carboxylic acids is 1. The Labute approximate surface area is 157 Å². The van der Waals surface area contributed by atoms with Crippen LogP contribution in [0.25, 0.3) is 17.1 Å². The van der Waals surface area contributed by atoms with Crippen molar-refractivity contribution in [2.45, 2.75) is 6.92 Å². The molecule has 0 bridgehead atoms. The van der Waals surface area contributed by atoms with E-state index in [0.717, 1.165) is 10.6 Å². The van der Waals surface area contributed by atoms with E-state index in [1.54, 1.807) is 13.0 Å². The fraction of sp³-hybridized carbons (Fsp3) is 0.118. The normalized spacial score (nSPS) is 10.8. The van der Waals surface area contributed by atoms with Gasteiger partial charge in [-0.2, -0.15) is 0 Å². The molecule has 26 heavy (non-hydrogen) atoms. The number of aromatic nitrogens is 3. The molecule has 0 radical (unpaired) electrons. The van der Waals surface area contributed by atoms with Gasteiger partial charge < -0.3 is 4.74 Å². The molecule has 0 saturated carbocycles. The maximum Gasteiger partial charge on any atom is 0.357 e. The van der Waals surface area contributed by atoms with E-state index in [2.05, 4.69) is 9.97 Å². The van der Waals surface area contributed by atoms with E-state index < -0.39 is 17.5 Å². The van der Waals surface area contributed by atoms with Crippen molar-refractivity contribution in [3.05, 3.63) is 68.6 Å². The predicted molar refractivity (Wildman–Crippen MR) is 95.6 cm³/mol. The van der Waals surface area contributed by atoms with Crippen LogP contribution in [0, 0.1) is 5.82 Å².